The molecular weight excluding hydrogens is 323 g/mol. The highest BCUT2D eigenvalue weighted by molar-refractivity contribution is 5.33. The maximum atomic E-state index is 13.5. The molecule has 3 rings (SSSR count). The normalized spacial score (nSPS) is 18.2. The van der Waals surface area contributed by atoms with Crippen LogP contribution in [0.15, 0.2) is 22.7 Å². The molecule has 0 saturated carbocycles. The van der Waals surface area contributed by atoms with E-state index in [1.807, 2.05) is 6.92 Å². The number of hydrogen-bond acceptors (Lipinski definition) is 6. The van der Waals surface area contributed by atoms with Gasteiger partial charge in [0.05, 0.1) is 13.7 Å². The van der Waals surface area contributed by atoms with Crippen molar-refractivity contribution < 1.29 is 13.7 Å². The lowest BCUT2D eigenvalue weighted by atomic mass is 10.2. The molecule has 1 atom stereocenters. The Balaban J connectivity index is 1.57. The van der Waals surface area contributed by atoms with Crippen molar-refractivity contribution in [3.8, 4) is 5.75 Å². The highest BCUT2D eigenvalue weighted by Crippen LogP contribution is 2.24. The van der Waals surface area contributed by atoms with E-state index in [1.165, 1.54) is 6.07 Å². The van der Waals surface area contributed by atoms with Gasteiger partial charge in [-0.3, -0.25) is 9.80 Å². The Kier molecular flexibility index (Phi) is 5.65. The molecule has 2 heterocycles. The van der Waals surface area contributed by atoms with Crippen LogP contribution in [0.1, 0.15) is 30.6 Å². The molecule has 0 spiro atoms. The lowest BCUT2D eigenvalue weighted by Gasteiger charge is -2.23. The van der Waals surface area contributed by atoms with E-state index >= 15 is 0 Å². The van der Waals surface area contributed by atoms with Crippen LogP contribution in [-0.2, 0) is 19.5 Å². The monoisotopic (exact) mass is 348 g/mol. The number of likely N-dealkylation sites (tertiary alicyclic amines) is 1. The largest absolute Gasteiger partial charge is 0.496 e. The summed E-state index contributed by atoms with van der Waals surface area (Å²) in [4.78, 5) is 8.95. The van der Waals surface area contributed by atoms with Crippen LogP contribution in [0, 0.1) is 5.82 Å². The highest BCUT2D eigenvalue weighted by atomic mass is 19.1. The number of aromatic nitrogens is 2. The molecule has 1 aliphatic rings. The minimum absolute atomic E-state index is 0.229. The van der Waals surface area contributed by atoms with Crippen molar-refractivity contribution in [3.05, 3.63) is 41.3 Å². The standard InChI is InChI=1S/C18H25FN4O2/c1-4-18-20-17(21-25-18)12-22(2)15-7-8-23(11-15)10-13-9-14(19)5-6-16(13)24-3/h5-6,9,15H,4,7-8,10-12H2,1-3H3/t15-/m0/s1. The smallest absolute Gasteiger partial charge is 0.226 e. The van der Waals surface area contributed by atoms with E-state index in [0.717, 1.165) is 43.1 Å². The Labute approximate surface area is 147 Å². The van der Waals surface area contributed by atoms with Gasteiger partial charge in [-0.15, -0.1) is 0 Å². The van der Waals surface area contributed by atoms with Gasteiger partial charge in [-0.1, -0.05) is 12.1 Å². The van der Waals surface area contributed by atoms with Gasteiger partial charge in [-0.25, -0.2) is 4.39 Å². The minimum Gasteiger partial charge on any atom is -0.496 e. The lowest BCUT2D eigenvalue weighted by Crippen LogP contribution is -2.34. The van der Waals surface area contributed by atoms with Crippen LogP contribution in [0.3, 0.4) is 0 Å². The molecule has 0 amide bonds. The molecule has 0 aliphatic carbocycles. The number of benzene rings is 1. The Morgan fingerprint density at radius 1 is 1.44 bits per heavy atom. The Morgan fingerprint density at radius 2 is 2.28 bits per heavy atom. The van der Waals surface area contributed by atoms with Gasteiger partial charge in [0.15, 0.2) is 5.82 Å². The van der Waals surface area contributed by atoms with E-state index in [9.17, 15) is 4.39 Å². The molecule has 136 valence electrons. The third kappa shape index (κ3) is 4.35. The topological polar surface area (TPSA) is 54.6 Å². The zero-order chi connectivity index (χ0) is 17.8. The van der Waals surface area contributed by atoms with Gasteiger partial charge < -0.3 is 9.26 Å². The molecule has 0 unspecified atom stereocenters. The Bertz CT molecular complexity index is 706. The van der Waals surface area contributed by atoms with E-state index in [2.05, 4.69) is 27.0 Å². The number of rotatable bonds is 7. The van der Waals surface area contributed by atoms with Crippen LogP contribution in [0.5, 0.6) is 5.75 Å². The molecule has 25 heavy (non-hydrogen) atoms. The fraction of sp³-hybridized carbons (Fsp3) is 0.556. The third-order valence-corrected chi connectivity index (χ3v) is 4.71. The molecule has 1 aromatic heterocycles. The van der Waals surface area contributed by atoms with Crippen molar-refractivity contribution in [2.45, 2.75) is 38.9 Å². The number of halogens is 1. The molecule has 1 saturated heterocycles. The molecule has 0 bridgehead atoms. The average molecular weight is 348 g/mol. The molecule has 0 N–H and O–H groups in total. The number of likely N-dealkylation sites (N-methyl/N-ethyl adjacent to an activating group) is 1. The summed E-state index contributed by atoms with van der Waals surface area (Å²) in [5, 5.41) is 4.02. The number of aryl methyl sites for hydroxylation is 1. The molecule has 1 fully saturated rings. The lowest BCUT2D eigenvalue weighted by molar-refractivity contribution is 0.215. The van der Waals surface area contributed by atoms with Gasteiger partial charge in [-0.2, -0.15) is 4.98 Å². The fourth-order valence-electron chi connectivity index (χ4n) is 3.28. The Hall–Kier alpha value is -1.99. The maximum absolute atomic E-state index is 13.5. The summed E-state index contributed by atoms with van der Waals surface area (Å²) in [5.74, 6) is 1.91. The number of methoxy groups -OCH3 is 1. The van der Waals surface area contributed by atoms with Gasteiger partial charge >= 0.3 is 0 Å². The van der Waals surface area contributed by atoms with Crippen molar-refractivity contribution in [3.63, 3.8) is 0 Å². The third-order valence-electron chi connectivity index (χ3n) is 4.71. The molecular formula is C18H25FN4O2. The first-order valence-corrected chi connectivity index (χ1v) is 8.65. The van der Waals surface area contributed by atoms with E-state index in [4.69, 9.17) is 9.26 Å². The van der Waals surface area contributed by atoms with Crippen LogP contribution in [0.25, 0.3) is 0 Å². The number of hydrogen-bond donors (Lipinski definition) is 0. The van der Waals surface area contributed by atoms with E-state index in [0.29, 0.717) is 25.0 Å². The predicted molar refractivity (Wildman–Crippen MR) is 91.8 cm³/mol. The fourth-order valence-corrected chi connectivity index (χ4v) is 3.28. The first kappa shape index (κ1) is 17.8. The van der Waals surface area contributed by atoms with Crippen molar-refractivity contribution in [2.75, 3.05) is 27.2 Å². The van der Waals surface area contributed by atoms with Crippen LogP contribution in [-0.4, -0.2) is 53.2 Å². The highest BCUT2D eigenvalue weighted by Gasteiger charge is 2.27. The molecule has 6 nitrogen and oxygen atoms in total. The summed E-state index contributed by atoms with van der Waals surface area (Å²) < 4.78 is 24.0. The second kappa shape index (κ2) is 7.93. The van der Waals surface area contributed by atoms with Crippen LogP contribution in [0.4, 0.5) is 4.39 Å². The zero-order valence-electron chi connectivity index (χ0n) is 15.0. The van der Waals surface area contributed by atoms with E-state index in [-0.39, 0.29) is 5.82 Å². The van der Waals surface area contributed by atoms with Gasteiger partial charge in [0.1, 0.15) is 11.6 Å². The SMILES string of the molecule is CCc1nc(CN(C)[C@H]2CCN(Cc3cc(F)ccc3OC)C2)no1. The summed E-state index contributed by atoms with van der Waals surface area (Å²) in [6.07, 6.45) is 1.82. The second-order valence-electron chi connectivity index (χ2n) is 6.51. The van der Waals surface area contributed by atoms with Crippen LogP contribution in [0.2, 0.25) is 0 Å². The molecule has 0 radical (unpaired) electrons. The molecule has 2 aromatic rings. The van der Waals surface area contributed by atoms with Gasteiger partial charge in [0.25, 0.3) is 0 Å². The zero-order valence-corrected chi connectivity index (χ0v) is 15.0. The minimum atomic E-state index is -0.229. The first-order valence-electron chi connectivity index (χ1n) is 8.65. The summed E-state index contributed by atoms with van der Waals surface area (Å²) in [6.45, 7) is 5.26. The summed E-state index contributed by atoms with van der Waals surface area (Å²) in [6, 6.07) is 5.09. The number of nitrogens with zero attached hydrogens (tertiary/aromatic N) is 4. The van der Waals surface area contributed by atoms with Gasteiger partial charge in [0.2, 0.25) is 5.89 Å². The predicted octanol–water partition coefficient (Wildman–Crippen LogP) is 2.49. The number of ether oxygens (including phenoxy) is 1. The van der Waals surface area contributed by atoms with Crippen LogP contribution >= 0.6 is 0 Å². The quantitative estimate of drug-likeness (QED) is 0.766. The molecule has 1 aliphatic heterocycles. The van der Waals surface area contributed by atoms with Crippen molar-refractivity contribution in [1.29, 1.82) is 0 Å². The molecule has 7 heteroatoms. The average Bonchev–Trinajstić information content (AvgIpc) is 3.24. The Morgan fingerprint density at radius 3 is 3.00 bits per heavy atom. The summed E-state index contributed by atoms with van der Waals surface area (Å²) >= 11 is 0. The van der Waals surface area contributed by atoms with Gasteiger partial charge in [0, 0.05) is 37.7 Å². The first-order chi connectivity index (χ1) is 12.1. The molecule has 1 aromatic carbocycles. The van der Waals surface area contributed by atoms with Crippen molar-refractivity contribution in [2.24, 2.45) is 0 Å². The van der Waals surface area contributed by atoms with E-state index < -0.39 is 0 Å². The van der Waals surface area contributed by atoms with Gasteiger partial charge in [-0.05, 0) is 31.7 Å². The van der Waals surface area contributed by atoms with Crippen molar-refractivity contribution >= 4 is 0 Å². The van der Waals surface area contributed by atoms with E-state index in [1.54, 1.807) is 19.2 Å². The maximum Gasteiger partial charge on any atom is 0.226 e. The summed E-state index contributed by atoms with van der Waals surface area (Å²) in [5.41, 5.74) is 0.886. The van der Waals surface area contributed by atoms with Crippen molar-refractivity contribution in [1.82, 2.24) is 19.9 Å². The second-order valence-corrected chi connectivity index (χ2v) is 6.51. The van der Waals surface area contributed by atoms with Crippen LogP contribution < -0.4 is 4.74 Å². The summed E-state index contributed by atoms with van der Waals surface area (Å²) in [7, 11) is 3.70.